The third-order valence-electron chi connectivity index (χ3n) is 3.86. The molecule has 136 valence electrons. The van der Waals surface area contributed by atoms with Crippen LogP contribution in [0.3, 0.4) is 0 Å². The van der Waals surface area contributed by atoms with E-state index in [0.29, 0.717) is 11.7 Å². The maximum absolute atomic E-state index is 5.10. The molecule has 2 rings (SSSR count). The topological polar surface area (TPSA) is 75.3 Å². The van der Waals surface area contributed by atoms with Crippen LogP contribution in [0.25, 0.3) is 0 Å². The van der Waals surface area contributed by atoms with Crippen LogP contribution in [0.5, 0.6) is 0 Å². The molecule has 0 saturated carbocycles. The van der Waals surface area contributed by atoms with Crippen LogP contribution in [0.15, 0.2) is 21.2 Å². The molecule has 1 aliphatic rings. The molecule has 1 aliphatic carbocycles. The van der Waals surface area contributed by atoms with Gasteiger partial charge in [0.05, 0.1) is 0 Å². The highest BCUT2D eigenvalue weighted by Gasteiger charge is 2.05. The molecular formula is C17H30IN5O. The van der Waals surface area contributed by atoms with Gasteiger partial charge in [-0.3, -0.25) is 4.99 Å². The van der Waals surface area contributed by atoms with Crippen molar-refractivity contribution in [3.63, 3.8) is 0 Å². The fraction of sp³-hybridized carbons (Fsp3) is 0.706. The van der Waals surface area contributed by atoms with Crippen molar-refractivity contribution in [3.8, 4) is 0 Å². The number of aliphatic imine (C=N–C) groups is 1. The molecule has 0 unspecified atom stereocenters. The lowest BCUT2D eigenvalue weighted by atomic mass is 9.97. The molecule has 1 aromatic heterocycles. The Morgan fingerprint density at radius 2 is 2.17 bits per heavy atom. The molecule has 0 amide bonds. The van der Waals surface area contributed by atoms with Gasteiger partial charge in [-0.15, -0.1) is 24.0 Å². The molecule has 0 atom stereocenters. The SMILES string of the molecule is CCNC(=NCCCc1nc(C)no1)NCCC1=CCCCC1.I. The van der Waals surface area contributed by atoms with Gasteiger partial charge >= 0.3 is 0 Å². The summed E-state index contributed by atoms with van der Waals surface area (Å²) in [7, 11) is 0. The molecule has 1 heterocycles. The van der Waals surface area contributed by atoms with E-state index in [2.05, 4.69) is 38.8 Å². The van der Waals surface area contributed by atoms with Crippen LogP contribution in [-0.2, 0) is 6.42 Å². The Balaban J connectivity index is 0.00000288. The first-order valence-electron chi connectivity index (χ1n) is 8.77. The minimum Gasteiger partial charge on any atom is -0.357 e. The zero-order valence-electron chi connectivity index (χ0n) is 14.8. The summed E-state index contributed by atoms with van der Waals surface area (Å²) in [5.74, 6) is 2.28. The number of aryl methyl sites for hydroxylation is 2. The lowest BCUT2D eigenvalue weighted by Crippen LogP contribution is -2.38. The van der Waals surface area contributed by atoms with Crippen molar-refractivity contribution in [2.24, 2.45) is 4.99 Å². The van der Waals surface area contributed by atoms with Gasteiger partial charge in [0.2, 0.25) is 5.89 Å². The number of nitrogens with one attached hydrogen (secondary N) is 2. The largest absolute Gasteiger partial charge is 0.357 e. The first kappa shape index (κ1) is 20.9. The highest BCUT2D eigenvalue weighted by Crippen LogP contribution is 2.19. The van der Waals surface area contributed by atoms with Gasteiger partial charge in [-0.25, -0.2) is 0 Å². The standard InChI is InChI=1S/C17H29N5O.HI/c1-3-18-17(20-13-11-15-8-5-4-6-9-15)19-12-7-10-16-21-14(2)22-23-16;/h8H,3-7,9-13H2,1-2H3,(H2,18,19,20);1H. The summed E-state index contributed by atoms with van der Waals surface area (Å²) in [5.41, 5.74) is 1.59. The molecule has 0 fully saturated rings. The van der Waals surface area contributed by atoms with Crippen LogP contribution in [0, 0.1) is 6.92 Å². The Morgan fingerprint density at radius 3 is 2.83 bits per heavy atom. The highest BCUT2D eigenvalue weighted by atomic mass is 127. The van der Waals surface area contributed by atoms with E-state index in [1.54, 1.807) is 5.57 Å². The zero-order valence-corrected chi connectivity index (χ0v) is 17.1. The molecule has 1 aromatic rings. The summed E-state index contributed by atoms with van der Waals surface area (Å²) in [5, 5.41) is 10.5. The minimum atomic E-state index is 0. The number of hydrogen-bond acceptors (Lipinski definition) is 4. The van der Waals surface area contributed by atoms with Gasteiger partial charge in [-0.2, -0.15) is 4.98 Å². The average molecular weight is 447 g/mol. The van der Waals surface area contributed by atoms with Crippen molar-refractivity contribution in [1.29, 1.82) is 0 Å². The van der Waals surface area contributed by atoms with Crippen molar-refractivity contribution in [2.45, 2.75) is 58.8 Å². The smallest absolute Gasteiger partial charge is 0.226 e. The fourth-order valence-electron chi connectivity index (χ4n) is 2.68. The van der Waals surface area contributed by atoms with Crippen LogP contribution >= 0.6 is 24.0 Å². The first-order valence-corrected chi connectivity index (χ1v) is 8.77. The molecule has 0 spiro atoms. The van der Waals surface area contributed by atoms with E-state index < -0.39 is 0 Å². The van der Waals surface area contributed by atoms with Crippen molar-refractivity contribution >= 4 is 29.9 Å². The number of nitrogens with zero attached hydrogens (tertiary/aromatic N) is 3. The maximum atomic E-state index is 5.10. The van der Waals surface area contributed by atoms with Gasteiger partial charge in [0.25, 0.3) is 0 Å². The average Bonchev–Trinajstić information content (AvgIpc) is 2.98. The third-order valence-corrected chi connectivity index (χ3v) is 3.86. The van der Waals surface area contributed by atoms with Crippen LogP contribution in [-0.4, -0.2) is 35.7 Å². The molecule has 7 heteroatoms. The predicted octanol–water partition coefficient (Wildman–Crippen LogP) is 3.37. The molecule has 0 aliphatic heterocycles. The molecule has 0 bridgehead atoms. The maximum Gasteiger partial charge on any atom is 0.226 e. The van der Waals surface area contributed by atoms with Gasteiger partial charge in [0, 0.05) is 26.1 Å². The lowest BCUT2D eigenvalue weighted by molar-refractivity contribution is 0.372. The van der Waals surface area contributed by atoms with Crippen molar-refractivity contribution in [1.82, 2.24) is 20.8 Å². The van der Waals surface area contributed by atoms with E-state index in [0.717, 1.165) is 44.9 Å². The van der Waals surface area contributed by atoms with Crippen molar-refractivity contribution in [2.75, 3.05) is 19.6 Å². The van der Waals surface area contributed by atoms with Gasteiger partial charge in [-0.1, -0.05) is 16.8 Å². The number of aromatic nitrogens is 2. The van der Waals surface area contributed by atoms with E-state index in [-0.39, 0.29) is 24.0 Å². The van der Waals surface area contributed by atoms with Crippen molar-refractivity contribution in [3.05, 3.63) is 23.4 Å². The number of rotatable bonds is 8. The normalized spacial score (nSPS) is 14.8. The number of guanidine groups is 1. The number of allylic oxidation sites excluding steroid dienone is 1. The second-order valence-corrected chi connectivity index (χ2v) is 5.88. The van der Waals surface area contributed by atoms with Gasteiger partial charge in [-0.05, 0) is 52.4 Å². The van der Waals surface area contributed by atoms with E-state index in [4.69, 9.17) is 4.52 Å². The minimum absolute atomic E-state index is 0. The highest BCUT2D eigenvalue weighted by molar-refractivity contribution is 14.0. The lowest BCUT2D eigenvalue weighted by Gasteiger charge is -2.15. The third kappa shape index (κ3) is 8.12. The molecule has 0 saturated heterocycles. The van der Waals surface area contributed by atoms with E-state index in [9.17, 15) is 0 Å². The molecule has 2 N–H and O–H groups in total. The summed E-state index contributed by atoms with van der Waals surface area (Å²) >= 11 is 0. The summed E-state index contributed by atoms with van der Waals surface area (Å²) in [6.07, 6.45) is 10.4. The first-order chi connectivity index (χ1) is 11.3. The Bertz CT molecular complexity index is 527. The Kier molecular flexibility index (Phi) is 10.7. The van der Waals surface area contributed by atoms with Gasteiger partial charge in [0.15, 0.2) is 11.8 Å². The quantitative estimate of drug-likeness (QED) is 0.210. The van der Waals surface area contributed by atoms with Crippen LogP contribution < -0.4 is 10.6 Å². The molecular weight excluding hydrogens is 417 g/mol. The van der Waals surface area contributed by atoms with Gasteiger partial charge < -0.3 is 15.2 Å². The van der Waals surface area contributed by atoms with Gasteiger partial charge in [0.1, 0.15) is 0 Å². The van der Waals surface area contributed by atoms with Crippen LogP contribution in [0.4, 0.5) is 0 Å². The molecule has 0 radical (unpaired) electrons. The second-order valence-electron chi connectivity index (χ2n) is 5.88. The molecule has 0 aromatic carbocycles. The Hall–Kier alpha value is -1.12. The summed E-state index contributed by atoms with van der Waals surface area (Å²) in [6, 6.07) is 0. The second kappa shape index (κ2) is 12.3. The Morgan fingerprint density at radius 1 is 1.29 bits per heavy atom. The molecule has 6 nitrogen and oxygen atoms in total. The van der Waals surface area contributed by atoms with E-state index in [1.807, 2.05) is 6.92 Å². The number of hydrogen-bond donors (Lipinski definition) is 2. The van der Waals surface area contributed by atoms with E-state index >= 15 is 0 Å². The zero-order chi connectivity index (χ0) is 16.3. The predicted molar refractivity (Wildman–Crippen MR) is 108 cm³/mol. The number of halogens is 1. The van der Waals surface area contributed by atoms with Crippen LogP contribution in [0.1, 0.15) is 57.2 Å². The van der Waals surface area contributed by atoms with E-state index in [1.165, 1.54) is 25.7 Å². The fourth-order valence-corrected chi connectivity index (χ4v) is 2.68. The van der Waals surface area contributed by atoms with Crippen LogP contribution in [0.2, 0.25) is 0 Å². The summed E-state index contributed by atoms with van der Waals surface area (Å²) in [4.78, 5) is 8.80. The van der Waals surface area contributed by atoms with Crippen molar-refractivity contribution < 1.29 is 4.52 Å². The monoisotopic (exact) mass is 447 g/mol. The summed E-state index contributed by atoms with van der Waals surface area (Å²) < 4.78 is 5.10. The Labute approximate surface area is 162 Å². The summed E-state index contributed by atoms with van der Waals surface area (Å²) in [6.45, 7) is 6.49. The molecule has 24 heavy (non-hydrogen) atoms.